The van der Waals surface area contributed by atoms with E-state index in [1.807, 2.05) is 0 Å². The van der Waals surface area contributed by atoms with Gasteiger partial charge in [0.25, 0.3) is 0 Å². The summed E-state index contributed by atoms with van der Waals surface area (Å²) in [5.41, 5.74) is -1.42. The van der Waals surface area contributed by atoms with Gasteiger partial charge in [-0.1, -0.05) is 0 Å². The van der Waals surface area contributed by atoms with Crippen molar-refractivity contribution in [3.05, 3.63) is 0 Å². The molecule has 0 rings (SSSR count). The Morgan fingerprint density at radius 2 is 1.52 bits per heavy atom. The maximum atomic E-state index is 12.7. The van der Waals surface area contributed by atoms with Crippen LogP contribution in [0.4, 0.5) is 4.79 Å². The highest BCUT2D eigenvalue weighted by Crippen LogP contribution is 2.55. The predicted octanol–water partition coefficient (Wildman–Crippen LogP) is 3.74. The van der Waals surface area contributed by atoms with E-state index in [1.165, 1.54) is 0 Å². The Morgan fingerprint density at radius 3 is 1.81 bits per heavy atom. The molecule has 0 aliphatic heterocycles. The van der Waals surface area contributed by atoms with Crippen LogP contribution in [0.5, 0.6) is 0 Å². The lowest BCUT2D eigenvalue weighted by Crippen LogP contribution is -2.33. The van der Waals surface area contributed by atoms with Gasteiger partial charge in [0.05, 0.1) is 17.8 Å². The highest BCUT2D eigenvalue weighted by Gasteiger charge is 2.37. The van der Waals surface area contributed by atoms with E-state index in [1.54, 1.807) is 48.5 Å². The molecule has 0 bridgehead atoms. The summed E-state index contributed by atoms with van der Waals surface area (Å²) in [6.07, 6.45) is -1.05. The lowest BCUT2D eigenvalue weighted by atomic mass is 10.2. The summed E-state index contributed by atoms with van der Waals surface area (Å²) in [6, 6.07) is 0. The second-order valence-corrected chi connectivity index (χ2v) is 8.07. The number of nitrogens with zero attached hydrogens (tertiary/aromatic N) is 1. The van der Waals surface area contributed by atoms with Gasteiger partial charge in [0.1, 0.15) is 0 Å². The first-order valence-electron chi connectivity index (χ1n) is 6.92. The Kier molecular flexibility index (Phi) is 7.36. The van der Waals surface area contributed by atoms with E-state index in [0.717, 1.165) is 4.90 Å². The molecule has 0 saturated carbocycles. The normalized spacial score (nSPS) is 13.3. The van der Waals surface area contributed by atoms with Crippen molar-refractivity contribution in [2.24, 2.45) is 0 Å². The number of amides is 1. The molecule has 0 aromatic rings. The third-order valence-electron chi connectivity index (χ3n) is 2.03. The monoisotopic (exact) mass is 325 g/mol. The lowest BCUT2D eigenvalue weighted by Gasteiger charge is -2.31. The van der Waals surface area contributed by atoms with Gasteiger partial charge in [-0.15, -0.1) is 0 Å². The molecule has 0 aromatic heterocycles. The Hall–Kier alpha value is -0.620. The molecule has 0 spiro atoms. The fourth-order valence-corrected chi connectivity index (χ4v) is 3.18. The number of carbonyl (C=O) groups is 1. The molecule has 0 fully saturated rings. The lowest BCUT2D eigenvalue weighted by molar-refractivity contribution is 0.00123. The van der Waals surface area contributed by atoms with E-state index in [4.69, 9.17) is 18.7 Å². The number of hydrogen-bond acceptors (Lipinski definition) is 5. The smallest absolute Gasteiger partial charge is 0.465 e. The van der Waals surface area contributed by atoms with Crippen molar-refractivity contribution >= 4 is 13.9 Å². The largest absolute Gasteiger partial charge is 0.475 e. The zero-order valence-electron chi connectivity index (χ0n) is 14.0. The van der Waals surface area contributed by atoms with Gasteiger partial charge in [0.15, 0.2) is 0 Å². The molecule has 0 radical (unpaired) electrons. The van der Waals surface area contributed by atoms with Crippen LogP contribution in [0.25, 0.3) is 0 Å². The van der Waals surface area contributed by atoms with Gasteiger partial charge in [0, 0.05) is 13.1 Å². The number of rotatable bonds is 7. The average Bonchev–Trinajstić information content (AvgIpc) is 2.17. The SMILES string of the molecule is CCN(CCOP(=O)(OC(C)(C)C)OC(C)(C)C)C(=O)O. The first kappa shape index (κ1) is 20.4. The summed E-state index contributed by atoms with van der Waals surface area (Å²) >= 11 is 0. The second-order valence-electron chi connectivity index (χ2n) is 6.55. The van der Waals surface area contributed by atoms with Gasteiger partial charge in [-0.05, 0) is 48.5 Å². The Balaban J connectivity index is 4.77. The number of phosphoric acid groups is 1. The quantitative estimate of drug-likeness (QED) is 0.718. The van der Waals surface area contributed by atoms with E-state index in [0.29, 0.717) is 6.54 Å². The van der Waals surface area contributed by atoms with Crippen molar-refractivity contribution in [2.45, 2.75) is 59.7 Å². The van der Waals surface area contributed by atoms with Crippen molar-refractivity contribution in [2.75, 3.05) is 19.7 Å². The van der Waals surface area contributed by atoms with Gasteiger partial charge in [-0.2, -0.15) is 0 Å². The van der Waals surface area contributed by atoms with Crippen LogP contribution in [0, 0.1) is 0 Å². The van der Waals surface area contributed by atoms with Gasteiger partial charge in [0.2, 0.25) is 0 Å². The molecule has 0 atom stereocenters. The fraction of sp³-hybridized carbons (Fsp3) is 0.923. The second kappa shape index (κ2) is 7.58. The molecule has 0 aromatic carbocycles. The van der Waals surface area contributed by atoms with Crippen LogP contribution in [0.15, 0.2) is 0 Å². The van der Waals surface area contributed by atoms with Crippen molar-refractivity contribution in [3.8, 4) is 0 Å². The molecule has 8 heteroatoms. The maximum absolute atomic E-state index is 12.7. The molecule has 0 heterocycles. The summed E-state index contributed by atoms with van der Waals surface area (Å²) in [6.45, 7) is 12.5. The summed E-state index contributed by atoms with van der Waals surface area (Å²) in [7, 11) is -3.78. The van der Waals surface area contributed by atoms with Crippen molar-refractivity contribution in [3.63, 3.8) is 0 Å². The summed E-state index contributed by atoms with van der Waals surface area (Å²) in [4.78, 5) is 12.0. The molecule has 126 valence electrons. The molecule has 7 nitrogen and oxygen atoms in total. The first-order chi connectivity index (χ1) is 9.28. The molecule has 0 saturated heterocycles. The minimum absolute atomic E-state index is 0.0659. The Morgan fingerprint density at radius 1 is 1.10 bits per heavy atom. The van der Waals surface area contributed by atoms with Gasteiger partial charge >= 0.3 is 13.9 Å². The van der Waals surface area contributed by atoms with E-state index in [9.17, 15) is 9.36 Å². The van der Waals surface area contributed by atoms with Crippen LogP contribution in [-0.4, -0.2) is 47.0 Å². The zero-order valence-corrected chi connectivity index (χ0v) is 14.9. The topological polar surface area (TPSA) is 85.3 Å². The molecule has 1 N–H and O–H groups in total. The van der Waals surface area contributed by atoms with Crippen LogP contribution in [-0.2, 0) is 18.1 Å². The third kappa shape index (κ3) is 9.85. The molecular formula is C13H28NO6P. The summed E-state index contributed by atoms with van der Waals surface area (Å²) < 4.78 is 28.8. The van der Waals surface area contributed by atoms with Crippen LogP contribution >= 0.6 is 7.82 Å². The molecule has 0 aliphatic carbocycles. The highest BCUT2D eigenvalue weighted by molar-refractivity contribution is 7.48. The molecule has 21 heavy (non-hydrogen) atoms. The minimum Gasteiger partial charge on any atom is -0.465 e. The molecule has 0 aliphatic rings. The third-order valence-corrected chi connectivity index (χ3v) is 4.08. The van der Waals surface area contributed by atoms with Gasteiger partial charge in [-0.3, -0.25) is 13.6 Å². The van der Waals surface area contributed by atoms with E-state index < -0.39 is 25.1 Å². The van der Waals surface area contributed by atoms with E-state index >= 15 is 0 Å². The number of likely N-dealkylation sites (N-methyl/N-ethyl adjacent to an activating group) is 1. The first-order valence-corrected chi connectivity index (χ1v) is 8.38. The van der Waals surface area contributed by atoms with Gasteiger partial charge < -0.3 is 10.0 Å². The zero-order chi connectivity index (χ0) is 16.9. The Bertz CT molecular complexity index is 365. The van der Waals surface area contributed by atoms with Crippen LogP contribution in [0.1, 0.15) is 48.5 Å². The molecule has 1 amide bonds. The minimum atomic E-state index is -3.78. The van der Waals surface area contributed by atoms with E-state index in [2.05, 4.69) is 0 Å². The molecule has 0 unspecified atom stereocenters. The van der Waals surface area contributed by atoms with Crippen LogP contribution in [0.2, 0.25) is 0 Å². The standard InChI is InChI=1S/C13H28NO6P/c1-8-14(11(15)16)9-10-18-21(17,19-12(2,3)4)20-13(5,6)7/h8-10H2,1-7H3,(H,15,16). The maximum Gasteiger partial charge on any atom is 0.475 e. The van der Waals surface area contributed by atoms with Crippen molar-refractivity contribution < 1.29 is 28.0 Å². The summed E-state index contributed by atoms with van der Waals surface area (Å²) in [5.74, 6) is 0. The van der Waals surface area contributed by atoms with Crippen LogP contribution < -0.4 is 0 Å². The Labute approximate surface area is 127 Å². The summed E-state index contributed by atoms with van der Waals surface area (Å²) in [5, 5.41) is 8.91. The average molecular weight is 325 g/mol. The highest BCUT2D eigenvalue weighted by atomic mass is 31.2. The van der Waals surface area contributed by atoms with Crippen LogP contribution in [0.3, 0.4) is 0 Å². The predicted molar refractivity (Wildman–Crippen MR) is 80.5 cm³/mol. The number of carboxylic acid groups (broad SMARTS) is 1. The fourth-order valence-electron chi connectivity index (χ4n) is 1.39. The molecular weight excluding hydrogens is 297 g/mol. The van der Waals surface area contributed by atoms with Crippen molar-refractivity contribution in [1.82, 2.24) is 4.90 Å². The number of phosphoric ester groups is 1. The van der Waals surface area contributed by atoms with Crippen molar-refractivity contribution in [1.29, 1.82) is 0 Å². The van der Waals surface area contributed by atoms with Gasteiger partial charge in [-0.25, -0.2) is 9.36 Å². The number of hydrogen-bond donors (Lipinski definition) is 1. The van der Waals surface area contributed by atoms with E-state index in [-0.39, 0.29) is 13.2 Å².